The van der Waals surface area contributed by atoms with Crippen LogP contribution < -0.4 is 0 Å². The van der Waals surface area contributed by atoms with Crippen molar-refractivity contribution in [3.63, 3.8) is 0 Å². The van der Waals surface area contributed by atoms with Gasteiger partial charge in [0.05, 0.1) is 11.0 Å². The Hall–Kier alpha value is -4.63. The highest BCUT2D eigenvalue weighted by molar-refractivity contribution is 6.17. The molecule has 0 radical (unpaired) electrons. The van der Waals surface area contributed by atoms with Crippen LogP contribution in [0, 0.1) is 0 Å². The molecule has 36 heavy (non-hydrogen) atoms. The molecule has 7 aromatic rings. The lowest BCUT2D eigenvalue weighted by atomic mass is 9.95. The van der Waals surface area contributed by atoms with Crippen LogP contribution in [0.2, 0.25) is 0 Å². The quantitative estimate of drug-likeness (QED) is 0.245. The third kappa shape index (κ3) is 2.60. The Balaban J connectivity index is 1.50. The second-order valence-electron chi connectivity index (χ2n) is 9.59. The van der Waals surface area contributed by atoms with Crippen molar-refractivity contribution in [2.24, 2.45) is 0 Å². The fourth-order valence-corrected chi connectivity index (χ4v) is 6.08. The molecule has 2 aromatic heterocycles. The van der Waals surface area contributed by atoms with E-state index in [2.05, 4.69) is 77.4 Å². The standard InChI is InChI=1S/C33H21NO2/c35-31-17-16-23-20(21-8-1-2-10-24(21)31)12-7-14-29(23)34-28-13-5-3-9-22(28)26-18-27-25-11-4-6-15-32(25)36-33(27)19-30(26)34/h1-15,18-19H,16-17H2. The zero-order valence-electron chi connectivity index (χ0n) is 19.5. The zero-order chi connectivity index (χ0) is 23.8. The first kappa shape index (κ1) is 19.7. The van der Waals surface area contributed by atoms with Crippen molar-refractivity contribution < 1.29 is 9.21 Å². The molecule has 0 N–H and O–H groups in total. The van der Waals surface area contributed by atoms with Crippen LogP contribution in [0.25, 0.3) is 60.6 Å². The summed E-state index contributed by atoms with van der Waals surface area (Å²) < 4.78 is 8.64. The van der Waals surface area contributed by atoms with Gasteiger partial charge in [-0.1, -0.05) is 72.8 Å². The van der Waals surface area contributed by atoms with E-state index in [0.717, 1.165) is 55.3 Å². The number of benzene rings is 5. The fraction of sp³-hybridized carbons (Fsp3) is 0.0606. The number of nitrogens with zero attached hydrogens (tertiary/aromatic N) is 1. The summed E-state index contributed by atoms with van der Waals surface area (Å²) in [6.45, 7) is 0. The number of hydrogen-bond acceptors (Lipinski definition) is 2. The highest BCUT2D eigenvalue weighted by Gasteiger charge is 2.24. The largest absolute Gasteiger partial charge is 0.456 e. The van der Waals surface area contributed by atoms with Crippen LogP contribution in [0.5, 0.6) is 0 Å². The number of fused-ring (bicyclic) bond motifs is 9. The highest BCUT2D eigenvalue weighted by Crippen LogP contribution is 2.41. The number of para-hydroxylation sites is 2. The summed E-state index contributed by atoms with van der Waals surface area (Å²) in [4.78, 5) is 13.0. The smallest absolute Gasteiger partial charge is 0.163 e. The molecule has 0 unspecified atom stereocenters. The summed E-state index contributed by atoms with van der Waals surface area (Å²) >= 11 is 0. The molecule has 3 heteroatoms. The Bertz CT molecular complexity index is 2020. The third-order valence-corrected chi connectivity index (χ3v) is 7.68. The van der Waals surface area contributed by atoms with Gasteiger partial charge in [0.1, 0.15) is 11.2 Å². The average molecular weight is 464 g/mol. The Morgan fingerprint density at radius 3 is 2.22 bits per heavy atom. The molecule has 0 amide bonds. The van der Waals surface area contributed by atoms with Gasteiger partial charge >= 0.3 is 0 Å². The van der Waals surface area contributed by atoms with E-state index in [1.807, 2.05) is 30.3 Å². The van der Waals surface area contributed by atoms with Gasteiger partial charge in [-0.15, -0.1) is 0 Å². The average Bonchev–Trinajstić information content (AvgIpc) is 3.40. The molecule has 170 valence electrons. The molecule has 2 heterocycles. The van der Waals surface area contributed by atoms with E-state index in [1.54, 1.807) is 0 Å². The van der Waals surface area contributed by atoms with Gasteiger partial charge in [0.25, 0.3) is 0 Å². The molecule has 1 aliphatic carbocycles. The molecule has 0 saturated carbocycles. The van der Waals surface area contributed by atoms with Crippen molar-refractivity contribution >= 4 is 49.5 Å². The minimum atomic E-state index is 0.207. The lowest BCUT2D eigenvalue weighted by Crippen LogP contribution is -2.02. The Kier molecular flexibility index (Phi) is 3.92. The monoisotopic (exact) mass is 463 g/mol. The molecule has 5 aromatic carbocycles. The lowest BCUT2D eigenvalue weighted by Gasteiger charge is -2.16. The number of Topliss-reactive ketones (excluding diaryl/α,β-unsaturated/α-hetero) is 1. The van der Waals surface area contributed by atoms with Crippen LogP contribution >= 0.6 is 0 Å². The first-order valence-electron chi connectivity index (χ1n) is 12.4. The predicted octanol–water partition coefficient (Wildman–Crippen LogP) is 8.48. The van der Waals surface area contributed by atoms with Gasteiger partial charge in [0.15, 0.2) is 5.78 Å². The van der Waals surface area contributed by atoms with Crippen LogP contribution in [-0.4, -0.2) is 10.4 Å². The fourth-order valence-electron chi connectivity index (χ4n) is 6.08. The lowest BCUT2D eigenvalue weighted by molar-refractivity contribution is 0.0984. The number of hydrogen-bond donors (Lipinski definition) is 0. The van der Waals surface area contributed by atoms with Gasteiger partial charge < -0.3 is 8.98 Å². The normalized spacial score (nSPS) is 13.4. The van der Waals surface area contributed by atoms with Crippen LogP contribution in [0.15, 0.2) is 108 Å². The maximum absolute atomic E-state index is 13.0. The highest BCUT2D eigenvalue weighted by atomic mass is 16.3. The van der Waals surface area contributed by atoms with Gasteiger partial charge in [-0.2, -0.15) is 0 Å². The molecule has 8 rings (SSSR count). The van der Waals surface area contributed by atoms with E-state index in [-0.39, 0.29) is 5.78 Å². The van der Waals surface area contributed by atoms with Crippen LogP contribution in [0.3, 0.4) is 0 Å². The summed E-state index contributed by atoms with van der Waals surface area (Å²) in [5.41, 5.74) is 9.38. The summed E-state index contributed by atoms with van der Waals surface area (Å²) in [7, 11) is 0. The number of ketones is 1. The molecule has 0 fully saturated rings. The van der Waals surface area contributed by atoms with Gasteiger partial charge in [0.2, 0.25) is 0 Å². The summed E-state index contributed by atoms with van der Waals surface area (Å²) in [6, 6.07) is 35.7. The van der Waals surface area contributed by atoms with Crippen molar-refractivity contribution in [2.75, 3.05) is 0 Å². The second kappa shape index (κ2) is 7.19. The Morgan fingerprint density at radius 1 is 0.556 bits per heavy atom. The summed E-state index contributed by atoms with van der Waals surface area (Å²) in [6.07, 6.45) is 1.21. The van der Waals surface area contributed by atoms with E-state index in [9.17, 15) is 4.79 Å². The van der Waals surface area contributed by atoms with E-state index in [0.29, 0.717) is 12.8 Å². The third-order valence-electron chi connectivity index (χ3n) is 7.68. The molecular weight excluding hydrogens is 442 g/mol. The number of rotatable bonds is 1. The summed E-state index contributed by atoms with van der Waals surface area (Å²) in [5.74, 6) is 0.207. The maximum atomic E-state index is 13.0. The first-order chi connectivity index (χ1) is 17.8. The van der Waals surface area contributed by atoms with Crippen LogP contribution in [0.4, 0.5) is 0 Å². The number of carbonyl (C=O) groups excluding carboxylic acids is 1. The molecular formula is C33H21NO2. The number of aromatic nitrogens is 1. The number of carbonyl (C=O) groups is 1. The van der Waals surface area contributed by atoms with Gasteiger partial charge in [0, 0.05) is 45.3 Å². The van der Waals surface area contributed by atoms with Crippen molar-refractivity contribution in [3.05, 3.63) is 114 Å². The zero-order valence-corrected chi connectivity index (χ0v) is 19.5. The minimum absolute atomic E-state index is 0.207. The van der Waals surface area contributed by atoms with Crippen molar-refractivity contribution in [1.29, 1.82) is 0 Å². The maximum Gasteiger partial charge on any atom is 0.163 e. The van der Waals surface area contributed by atoms with Crippen LogP contribution in [-0.2, 0) is 6.42 Å². The molecule has 0 saturated heterocycles. The van der Waals surface area contributed by atoms with Crippen molar-refractivity contribution in [2.45, 2.75) is 12.8 Å². The van der Waals surface area contributed by atoms with Gasteiger partial charge in [-0.25, -0.2) is 0 Å². The van der Waals surface area contributed by atoms with Gasteiger partial charge in [-0.3, -0.25) is 4.79 Å². The molecule has 0 aliphatic heterocycles. The van der Waals surface area contributed by atoms with Crippen LogP contribution in [0.1, 0.15) is 22.3 Å². The topological polar surface area (TPSA) is 35.1 Å². The van der Waals surface area contributed by atoms with E-state index in [4.69, 9.17) is 4.42 Å². The Labute approximate surface area is 207 Å². The first-order valence-corrected chi connectivity index (χ1v) is 12.4. The van der Waals surface area contributed by atoms with Crippen molar-refractivity contribution in [1.82, 2.24) is 4.57 Å². The van der Waals surface area contributed by atoms with E-state index >= 15 is 0 Å². The van der Waals surface area contributed by atoms with Crippen molar-refractivity contribution in [3.8, 4) is 16.8 Å². The molecule has 0 bridgehead atoms. The predicted molar refractivity (Wildman–Crippen MR) is 146 cm³/mol. The minimum Gasteiger partial charge on any atom is -0.456 e. The van der Waals surface area contributed by atoms with Gasteiger partial charge in [-0.05, 0) is 47.4 Å². The van der Waals surface area contributed by atoms with E-state index < -0.39 is 0 Å². The summed E-state index contributed by atoms with van der Waals surface area (Å²) in [5, 5.41) is 4.68. The molecule has 0 spiro atoms. The Morgan fingerprint density at radius 2 is 1.31 bits per heavy atom. The SMILES string of the molecule is O=C1CCc2c(cccc2-n2c3ccccc3c3cc4c(cc32)oc2ccccc24)-c2ccccc21. The van der Waals surface area contributed by atoms with E-state index in [1.165, 1.54) is 16.3 Å². The molecule has 3 nitrogen and oxygen atoms in total. The molecule has 1 aliphatic rings. The second-order valence-corrected chi connectivity index (χ2v) is 9.59. The number of furan rings is 1. The molecule has 0 atom stereocenters.